The van der Waals surface area contributed by atoms with Crippen LogP contribution in [0.25, 0.3) is 0 Å². The quantitative estimate of drug-likeness (QED) is 0.388. The van der Waals surface area contributed by atoms with E-state index >= 15 is 0 Å². The summed E-state index contributed by atoms with van der Waals surface area (Å²) in [6, 6.07) is 21.4. The Bertz CT molecular complexity index is 1240. The molecule has 190 valence electrons. The molecule has 4 nitrogen and oxygen atoms in total. The predicted octanol–water partition coefficient (Wildman–Crippen LogP) is 6.35. The fraction of sp³-hybridized carbons (Fsp3) is 0.379. The Labute approximate surface area is 212 Å². The lowest BCUT2D eigenvalue weighted by atomic mass is 9.78. The maximum Gasteiger partial charge on any atom is 0.264 e. The van der Waals surface area contributed by atoms with E-state index in [-0.39, 0.29) is 10.9 Å². The van der Waals surface area contributed by atoms with Crippen molar-refractivity contribution in [2.24, 2.45) is 0 Å². The molecular formula is C29H32F2N2O2S. The third-order valence-corrected chi connectivity index (χ3v) is 9.60. The first-order chi connectivity index (χ1) is 17.4. The molecule has 1 heterocycles. The minimum Gasteiger partial charge on any atom is -0.300 e. The lowest BCUT2D eigenvalue weighted by Crippen LogP contribution is -2.51. The number of rotatable bonds is 6. The summed E-state index contributed by atoms with van der Waals surface area (Å²) in [5, 5.41) is 0. The summed E-state index contributed by atoms with van der Waals surface area (Å²) < 4.78 is 56.1. The largest absolute Gasteiger partial charge is 0.300 e. The SMILES string of the molecule is O=S(=O)(c1ccc(F)cc1)N(c1ccc(F)cc1)C1CCN(C2CCCCC2c2ccccc2)CC1. The molecular weight excluding hydrogens is 478 g/mol. The number of sulfonamides is 1. The van der Waals surface area contributed by atoms with Gasteiger partial charge in [-0.3, -0.25) is 9.21 Å². The number of piperidine rings is 1. The van der Waals surface area contributed by atoms with Gasteiger partial charge in [0.1, 0.15) is 11.6 Å². The van der Waals surface area contributed by atoms with E-state index in [4.69, 9.17) is 0 Å². The molecule has 3 aromatic carbocycles. The number of nitrogens with zero attached hydrogens (tertiary/aromatic N) is 2. The second-order valence-corrected chi connectivity index (χ2v) is 11.7. The zero-order chi connectivity index (χ0) is 25.1. The second-order valence-electron chi connectivity index (χ2n) is 9.87. The van der Waals surface area contributed by atoms with E-state index in [1.54, 1.807) is 0 Å². The maximum atomic E-state index is 13.7. The predicted molar refractivity (Wildman–Crippen MR) is 138 cm³/mol. The van der Waals surface area contributed by atoms with Gasteiger partial charge in [-0.05, 0) is 85.7 Å². The monoisotopic (exact) mass is 510 g/mol. The molecule has 1 saturated heterocycles. The lowest BCUT2D eigenvalue weighted by molar-refractivity contribution is 0.107. The van der Waals surface area contributed by atoms with Gasteiger partial charge in [0, 0.05) is 25.2 Å². The topological polar surface area (TPSA) is 40.6 Å². The normalized spacial score (nSPS) is 21.8. The molecule has 1 aliphatic heterocycles. The molecule has 5 rings (SSSR count). The Balaban J connectivity index is 1.39. The number of hydrogen-bond donors (Lipinski definition) is 0. The van der Waals surface area contributed by atoms with E-state index in [0.29, 0.717) is 30.5 Å². The summed E-state index contributed by atoms with van der Waals surface area (Å²) in [6.45, 7) is 1.60. The fourth-order valence-corrected chi connectivity index (χ4v) is 7.65. The summed E-state index contributed by atoms with van der Waals surface area (Å²) >= 11 is 0. The molecule has 0 amide bonds. The first-order valence-electron chi connectivity index (χ1n) is 12.8. The van der Waals surface area contributed by atoms with Crippen molar-refractivity contribution in [2.45, 2.75) is 61.4 Å². The van der Waals surface area contributed by atoms with E-state index in [1.165, 1.54) is 65.5 Å². The Hall–Kier alpha value is -2.77. The van der Waals surface area contributed by atoms with Crippen LogP contribution in [0.15, 0.2) is 83.8 Å². The summed E-state index contributed by atoms with van der Waals surface area (Å²) in [5.74, 6) is -0.416. The Kier molecular flexibility index (Phi) is 7.39. The van der Waals surface area contributed by atoms with Gasteiger partial charge in [-0.1, -0.05) is 43.2 Å². The highest BCUT2D eigenvalue weighted by molar-refractivity contribution is 7.92. The van der Waals surface area contributed by atoms with Crippen LogP contribution in [0.2, 0.25) is 0 Å². The molecule has 7 heteroatoms. The van der Waals surface area contributed by atoms with Crippen molar-refractivity contribution in [1.29, 1.82) is 0 Å². The maximum absolute atomic E-state index is 13.7. The summed E-state index contributed by atoms with van der Waals surface area (Å²) in [4.78, 5) is 2.58. The van der Waals surface area contributed by atoms with Crippen LogP contribution in [0.3, 0.4) is 0 Å². The summed E-state index contributed by atoms with van der Waals surface area (Å²) in [5.41, 5.74) is 1.81. The van der Waals surface area contributed by atoms with Crippen molar-refractivity contribution in [3.8, 4) is 0 Å². The average Bonchev–Trinajstić information content (AvgIpc) is 2.91. The number of halogens is 2. The minimum absolute atomic E-state index is 0.0343. The van der Waals surface area contributed by atoms with Crippen molar-refractivity contribution in [1.82, 2.24) is 4.90 Å². The summed E-state index contributed by atoms with van der Waals surface area (Å²) in [7, 11) is -3.95. The van der Waals surface area contributed by atoms with Gasteiger partial charge in [0.15, 0.2) is 0 Å². The molecule has 0 aromatic heterocycles. The van der Waals surface area contributed by atoms with Crippen LogP contribution in [0, 0.1) is 11.6 Å². The van der Waals surface area contributed by atoms with Gasteiger partial charge in [-0.25, -0.2) is 17.2 Å². The van der Waals surface area contributed by atoms with Crippen LogP contribution < -0.4 is 4.31 Å². The highest BCUT2D eigenvalue weighted by atomic mass is 32.2. The molecule has 2 fully saturated rings. The molecule has 3 aromatic rings. The van der Waals surface area contributed by atoms with Crippen molar-refractivity contribution in [2.75, 3.05) is 17.4 Å². The Morgan fingerprint density at radius 2 is 1.31 bits per heavy atom. The van der Waals surface area contributed by atoms with Crippen LogP contribution in [-0.2, 0) is 10.0 Å². The van der Waals surface area contributed by atoms with E-state index in [2.05, 4.69) is 35.2 Å². The number of benzene rings is 3. The third-order valence-electron chi connectivity index (χ3n) is 7.71. The van der Waals surface area contributed by atoms with Gasteiger partial charge in [0.25, 0.3) is 10.0 Å². The van der Waals surface area contributed by atoms with Gasteiger partial charge in [-0.15, -0.1) is 0 Å². The fourth-order valence-electron chi connectivity index (χ4n) is 5.94. The van der Waals surface area contributed by atoms with Gasteiger partial charge >= 0.3 is 0 Å². The van der Waals surface area contributed by atoms with Gasteiger partial charge in [0.05, 0.1) is 10.6 Å². The van der Waals surface area contributed by atoms with Crippen LogP contribution in [-0.4, -0.2) is 38.5 Å². The van der Waals surface area contributed by atoms with Crippen molar-refractivity contribution >= 4 is 15.7 Å². The molecule has 2 atom stereocenters. The standard InChI is InChI=1S/C29H32F2N2O2S/c30-23-10-14-25(15-11-23)33(36(34,35)27-16-12-24(31)13-17-27)26-18-20-32(21-19-26)29-9-5-4-8-28(29)22-6-2-1-3-7-22/h1-3,6-7,10-17,26,28-29H,4-5,8-9,18-21H2. The van der Waals surface area contributed by atoms with E-state index in [0.717, 1.165) is 31.6 Å². The Morgan fingerprint density at radius 3 is 1.94 bits per heavy atom. The van der Waals surface area contributed by atoms with E-state index < -0.39 is 21.7 Å². The molecule has 0 bridgehead atoms. The molecule has 0 N–H and O–H groups in total. The van der Waals surface area contributed by atoms with Crippen LogP contribution >= 0.6 is 0 Å². The molecule has 0 spiro atoms. The van der Waals surface area contributed by atoms with Crippen molar-refractivity contribution < 1.29 is 17.2 Å². The molecule has 36 heavy (non-hydrogen) atoms. The van der Waals surface area contributed by atoms with Crippen LogP contribution in [0.5, 0.6) is 0 Å². The molecule has 2 unspecified atom stereocenters. The third kappa shape index (κ3) is 5.18. The Morgan fingerprint density at radius 1 is 0.722 bits per heavy atom. The molecule has 0 radical (unpaired) electrons. The second kappa shape index (κ2) is 10.7. The zero-order valence-corrected chi connectivity index (χ0v) is 21.1. The summed E-state index contributed by atoms with van der Waals surface area (Å²) in [6.07, 6.45) is 6.13. The zero-order valence-electron chi connectivity index (χ0n) is 20.3. The highest BCUT2D eigenvalue weighted by Gasteiger charge is 2.38. The molecule has 1 saturated carbocycles. The average molecular weight is 511 g/mol. The smallest absolute Gasteiger partial charge is 0.264 e. The van der Waals surface area contributed by atoms with Crippen molar-refractivity contribution in [3.05, 3.63) is 96.1 Å². The highest BCUT2D eigenvalue weighted by Crippen LogP contribution is 2.38. The number of hydrogen-bond acceptors (Lipinski definition) is 3. The van der Waals surface area contributed by atoms with E-state index in [1.807, 2.05) is 0 Å². The minimum atomic E-state index is -3.95. The molecule has 1 aliphatic carbocycles. The number of anilines is 1. The lowest BCUT2D eigenvalue weighted by Gasteiger charge is -2.45. The van der Waals surface area contributed by atoms with Crippen LogP contribution in [0.4, 0.5) is 14.5 Å². The first kappa shape index (κ1) is 24.9. The van der Waals surface area contributed by atoms with Crippen LogP contribution in [0.1, 0.15) is 50.0 Å². The van der Waals surface area contributed by atoms with Gasteiger partial charge in [0.2, 0.25) is 0 Å². The van der Waals surface area contributed by atoms with Gasteiger partial charge < -0.3 is 0 Å². The number of likely N-dealkylation sites (tertiary alicyclic amines) is 1. The molecule has 2 aliphatic rings. The first-order valence-corrected chi connectivity index (χ1v) is 14.2. The van der Waals surface area contributed by atoms with Gasteiger partial charge in [-0.2, -0.15) is 0 Å². The van der Waals surface area contributed by atoms with E-state index in [9.17, 15) is 17.2 Å². The van der Waals surface area contributed by atoms with Crippen molar-refractivity contribution in [3.63, 3.8) is 0 Å².